The Morgan fingerprint density at radius 2 is 1.98 bits per heavy atom. The molecule has 0 N–H and O–H groups in total. The lowest BCUT2D eigenvalue weighted by Crippen LogP contribution is -2.64. The first-order valence-electron chi connectivity index (χ1n) is 15.1. The molecule has 45 heavy (non-hydrogen) atoms. The normalized spacial score (nSPS) is 21.0. The fraction of sp³-hybridized carbons (Fsp3) is 0.394. The van der Waals surface area contributed by atoms with Gasteiger partial charge in [-0.05, 0) is 49.6 Å². The molecule has 2 saturated heterocycles. The summed E-state index contributed by atoms with van der Waals surface area (Å²) in [5, 5.41) is 9.30. The number of fused-ring (bicyclic) bond motifs is 2. The monoisotopic (exact) mass is 630 g/mol. The highest BCUT2D eigenvalue weighted by Gasteiger charge is 2.44. The predicted molar refractivity (Wildman–Crippen MR) is 165 cm³/mol. The number of carbonyl (C=O) groups is 1. The summed E-state index contributed by atoms with van der Waals surface area (Å²) in [6, 6.07) is 16.1. The van der Waals surface area contributed by atoms with Crippen molar-refractivity contribution in [3.8, 4) is 11.9 Å². The Morgan fingerprint density at radius 3 is 2.69 bits per heavy atom. The van der Waals surface area contributed by atoms with E-state index < -0.39 is 11.8 Å². The van der Waals surface area contributed by atoms with Crippen LogP contribution in [0.1, 0.15) is 46.6 Å². The first-order chi connectivity index (χ1) is 21.9. The van der Waals surface area contributed by atoms with E-state index in [-0.39, 0.29) is 18.3 Å². The first kappa shape index (κ1) is 29.5. The van der Waals surface area contributed by atoms with Gasteiger partial charge in [0.15, 0.2) is 0 Å². The van der Waals surface area contributed by atoms with Gasteiger partial charge in [-0.3, -0.25) is 4.90 Å². The number of aromatic nitrogens is 3. The zero-order valence-corrected chi connectivity index (χ0v) is 25.5. The molecule has 0 radical (unpaired) electrons. The quantitative estimate of drug-likeness (QED) is 0.234. The van der Waals surface area contributed by atoms with Crippen molar-refractivity contribution in [1.82, 2.24) is 19.4 Å². The van der Waals surface area contributed by atoms with Crippen LogP contribution in [0.15, 0.2) is 48.5 Å². The molecule has 232 valence electrons. The Morgan fingerprint density at radius 1 is 1.13 bits per heavy atom. The van der Waals surface area contributed by atoms with Gasteiger partial charge >= 0.3 is 5.97 Å². The molecule has 2 aromatic carbocycles. The predicted octanol–water partition coefficient (Wildman–Crippen LogP) is 5.10. The van der Waals surface area contributed by atoms with Crippen LogP contribution in [0.25, 0.3) is 11.0 Å². The molecule has 0 unspecified atom stereocenters. The smallest absolute Gasteiger partial charge is 0.339 e. The van der Waals surface area contributed by atoms with E-state index in [1.807, 2.05) is 18.2 Å². The number of nitriles is 1. The molecule has 3 fully saturated rings. The lowest BCUT2D eigenvalue weighted by molar-refractivity contribution is -0.0594. The van der Waals surface area contributed by atoms with Crippen molar-refractivity contribution in [3.63, 3.8) is 0 Å². The van der Waals surface area contributed by atoms with Gasteiger partial charge in [-0.25, -0.2) is 14.2 Å². The van der Waals surface area contributed by atoms with E-state index in [1.165, 1.54) is 13.2 Å². The van der Waals surface area contributed by atoms with E-state index in [0.717, 1.165) is 61.6 Å². The van der Waals surface area contributed by atoms with Gasteiger partial charge in [-0.2, -0.15) is 10.2 Å². The third-order valence-electron chi connectivity index (χ3n) is 9.11. The number of imidazole rings is 1. The molecular formula is C33H32ClFN6O4. The van der Waals surface area contributed by atoms with Crippen LogP contribution in [0, 0.1) is 17.1 Å². The Hall–Kier alpha value is -4.24. The summed E-state index contributed by atoms with van der Waals surface area (Å²) < 4.78 is 33.1. The average Bonchev–Trinajstić information content (AvgIpc) is 3.33. The summed E-state index contributed by atoms with van der Waals surface area (Å²) in [5.74, 6) is 1.22. The fourth-order valence-electron chi connectivity index (χ4n) is 6.43. The van der Waals surface area contributed by atoms with Crippen molar-refractivity contribution in [2.75, 3.05) is 31.7 Å². The standard InChI is InChI=1S/C33H32ClFN6O4/c1-43-33(42)23-14-29-26(15-24(23)34)37-31(41(29)17-22-9-12-44-22)18-39-10-11-40(28-8-7-27(28)39)30-3-2-4-32(38-30)45-19-21-6-5-20(16-36)13-25(21)35/h2-6,13-15,22,27-28H,7-12,17-19H2,1H3/t22-,27-,28+/m1/s1. The van der Waals surface area contributed by atoms with Crippen molar-refractivity contribution < 1.29 is 23.4 Å². The van der Waals surface area contributed by atoms with E-state index in [0.29, 0.717) is 47.2 Å². The van der Waals surface area contributed by atoms with Crippen LogP contribution in [0.2, 0.25) is 5.02 Å². The van der Waals surface area contributed by atoms with Gasteiger partial charge in [0, 0.05) is 43.4 Å². The topological polar surface area (TPSA) is 106 Å². The minimum atomic E-state index is -0.478. The van der Waals surface area contributed by atoms with Crippen molar-refractivity contribution >= 4 is 34.4 Å². The number of benzene rings is 2. The van der Waals surface area contributed by atoms with Crippen LogP contribution in [-0.4, -0.2) is 70.4 Å². The van der Waals surface area contributed by atoms with E-state index in [4.69, 9.17) is 41.0 Å². The number of anilines is 1. The molecule has 0 spiro atoms. The molecular weight excluding hydrogens is 599 g/mol. The van der Waals surface area contributed by atoms with E-state index >= 15 is 0 Å². The molecule has 10 nitrogen and oxygen atoms in total. The van der Waals surface area contributed by atoms with Crippen molar-refractivity contribution in [3.05, 3.63) is 81.9 Å². The van der Waals surface area contributed by atoms with Crippen LogP contribution in [0.3, 0.4) is 0 Å². The Kier molecular flexibility index (Phi) is 8.04. The summed E-state index contributed by atoms with van der Waals surface area (Å²) in [4.78, 5) is 27.0. The second-order valence-corrected chi connectivity index (χ2v) is 12.1. The zero-order chi connectivity index (χ0) is 31.1. The number of hydrogen-bond acceptors (Lipinski definition) is 9. The van der Waals surface area contributed by atoms with Gasteiger partial charge in [0.25, 0.3) is 0 Å². The van der Waals surface area contributed by atoms with Gasteiger partial charge in [0.05, 0.1) is 59.6 Å². The van der Waals surface area contributed by atoms with E-state index in [1.54, 1.807) is 30.3 Å². The fourth-order valence-corrected chi connectivity index (χ4v) is 6.67. The summed E-state index contributed by atoms with van der Waals surface area (Å²) in [6.45, 7) is 3.70. The lowest BCUT2D eigenvalue weighted by Gasteiger charge is -2.54. The van der Waals surface area contributed by atoms with Gasteiger partial charge < -0.3 is 23.7 Å². The molecule has 4 heterocycles. The molecule has 4 aromatic rings. The Bertz CT molecular complexity index is 1800. The van der Waals surface area contributed by atoms with Crippen LogP contribution in [0.4, 0.5) is 10.2 Å². The maximum Gasteiger partial charge on any atom is 0.339 e. The van der Waals surface area contributed by atoms with Crippen molar-refractivity contribution in [2.45, 2.75) is 57.1 Å². The second kappa shape index (κ2) is 12.3. The highest BCUT2D eigenvalue weighted by atomic mass is 35.5. The van der Waals surface area contributed by atoms with Gasteiger partial charge in [-0.15, -0.1) is 0 Å². The molecule has 12 heteroatoms. The first-order valence-corrected chi connectivity index (χ1v) is 15.5. The number of carbonyl (C=O) groups excluding carboxylic acids is 1. The minimum absolute atomic E-state index is 0.0209. The maximum absolute atomic E-state index is 14.4. The van der Waals surface area contributed by atoms with Crippen LogP contribution >= 0.6 is 11.6 Å². The molecule has 0 bridgehead atoms. The molecule has 7 rings (SSSR count). The van der Waals surface area contributed by atoms with Crippen LogP contribution < -0.4 is 9.64 Å². The molecule has 1 aliphatic carbocycles. The van der Waals surface area contributed by atoms with Crippen molar-refractivity contribution in [2.24, 2.45) is 0 Å². The average molecular weight is 631 g/mol. The SMILES string of the molecule is COC(=O)c1cc2c(cc1Cl)nc(CN1CCN(c3cccc(OCc4ccc(C#N)cc4F)n3)[C@H]3CC[C@H]31)n2C[C@H]1CCO1. The molecule has 2 aromatic heterocycles. The third kappa shape index (κ3) is 5.70. The van der Waals surface area contributed by atoms with Gasteiger partial charge in [0.2, 0.25) is 5.88 Å². The maximum atomic E-state index is 14.4. The summed E-state index contributed by atoms with van der Waals surface area (Å²) in [5.41, 5.74) is 2.55. The number of pyridine rings is 1. The molecule has 0 amide bonds. The Labute approximate surface area is 264 Å². The number of methoxy groups -OCH3 is 1. The number of rotatable bonds is 9. The van der Waals surface area contributed by atoms with E-state index in [2.05, 4.69) is 14.4 Å². The van der Waals surface area contributed by atoms with Crippen LogP contribution in [-0.2, 0) is 29.2 Å². The summed E-state index contributed by atoms with van der Waals surface area (Å²) in [6.07, 6.45) is 3.22. The summed E-state index contributed by atoms with van der Waals surface area (Å²) in [7, 11) is 1.35. The largest absolute Gasteiger partial charge is 0.473 e. The van der Waals surface area contributed by atoms with Gasteiger partial charge in [0.1, 0.15) is 24.1 Å². The Balaban J connectivity index is 1.08. The number of hydrogen-bond donors (Lipinski definition) is 0. The highest BCUT2D eigenvalue weighted by Crippen LogP contribution is 2.38. The number of ether oxygens (including phenoxy) is 3. The van der Waals surface area contributed by atoms with Gasteiger partial charge in [-0.1, -0.05) is 23.7 Å². The van der Waals surface area contributed by atoms with Crippen molar-refractivity contribution in [1.29, 1.82) is 5.26 Å². The zero-order valence-electron chi connectivity index (χ0n) is 24.8. The van der Waals surface area contributed by atoms with E-state index in [9.17, 15) is 9.18 Å². The highest BCUT2D eigenvalue weighted by molar-refractivity contribution is 6.34. The molecule has 3 aliphatic rings. The molecule has 1 saturated carbocycles. The third-order valence-corrected chi connectivity index (χ3v) is 9.42. The molecule has 2 aliphatic heterocycles. The number of esters is 1. The number of piperazine rings is 1. The molecule has 3 atom stereocenters. The number of nitrogens with zero attached hydrogens (tertiary/aromatic N) is 6. The lowest BCUT2D eigenvalue weighted by atomic mass is 9.81. The second-order valence-electron chi connectivity index (χ2n) is 11.6. The number of halogens is 2. The summed E-state index contributed by atoms with van der Waals surface area (Å²) >= 11 is 6.45. The minimum Gasteiger partial charge on any atom is -0.473 e. The van der Waals surface area contributed by atoms with Crippen LogP contribution in [0.5, 0.6) is 5.88 Å².